The molecule has 0 aliphatic heterocycles. The Hall–Kier alpha value is -1.05. The van der Waals surface area contributed by atoms with E-state index in [0.717, 1.165) is 18.4 Å². The second kappa shape index (κ2) is 6.65. The van der Waals surface area contributed by atoms with Crippen molar-refractivity contribution < 1.29 is 9.53 Å². The summed E-state index contributed by atoms with van der Waals surface area (Å²) in [5, 5.41) is 0. The van der Waals surface area contributed by atoms with Crippen molar-refractivity contribution in [3.63, 3.8) is 0 Å². The highest BCUT2D eigenvalue weighted by Gasteiger charge is 1.94. The summed E-state index contributed by atoms with van der Waals surface area (Å²) in [7, 11) is 0. The minimum atomic E-state index is -0.286. The van der Waals surface area contributed by atoms with E-state index in [9.17, 15) is 4.79 Å². The van der Waals surface area contributed by atoms with E-state index in [2.05, 4.69) is 13.5 Å². The molecule has 0 rings (SSSR count). The molecule has 0 amide bonds. The predicted molar refractivity (Wildman–Crippen MR) is 49.8 cm³/mol. The summed E-state index contributed by atoms with van der Waals surface area (Å²) >= 11 is 0. The number of unbranched alkanes of at least 4 members (excludes halogenated alkanes) is 1. The lowest BCUT2D eigenvalue weighted by molar-refractivity contribution is -0.136. The highest BCUT2D eigenvalue weighted by Crippen LogP contribution is 1.92. The lowest BCUT2D eigenvalue weighted by atomic mass is 10.3. The molecule has 0 radical (unpaired) electrons. The van der Waals surface area contributed by atoms with Crippen LogP contribution in [0.15, 0.2) is 24.3 Å². The highest BCUT2D eigenvalue weighted by atomic mass is 16.5. The van der Waals surface area contributed by atoms with Crippen molar-refractivity contribution in [2.45, 2.75) is 26.7 Å². The first-order chi connectivity index (χ1) is 5.66. The van der Waals surface area contributed by atoms with Crippen LogP contribution in [0.25, 0.3) is 0 Å². The summed E-state index contributed by atoms with van der Waals surface area (Å²) in [6, 6.07) is 0. The van der Waals surface area contributed by atoms with Crippen molar-refractivity contribution in [1.82, 2.24) is 0 Å². The van der Waals surface area contributed by atoms with Gasteiger partial charge in [0.05, 0.1) is 0 Å². The number of rotatable bonds is 5. The maximum atomic E-state index is 10.9. The van der Waals surface area contributed by atoms with Gasteiger partial charge in [-0.25, -0.2) is 4.79 Å². The number of hydrogen-bond acceptors (Lipinski definition) is 2. The molecule has 0 N–H and O–H groups in total. The van der Waals surface area contributed by atoms with Gasteiger partial charge in [-0.2, -0.15) is 0 Å². The first kappa shape index (κ1) is 11.0. The Morgan fingerprint density at radius 3 is 2.75 bits per heavy atom. The van der Waals surface area contributed by atoms with Gasteiger partial charge in [0.2, 0.25) is 0 Å². The van der Waals surface area contributed by atoms with Crippen LogP contribution in [0.1, 0.15) is 26.7 Å². The van der Waals surface area contributed by atoms with E-state index >= 15 is 0 Å². The zero-order valence-corrected chi connectivity index (χ0v) is 7.80. The minimum Gasteiger partial charge on any atom is -0.458 e. The van der Waals surface area contributed by atoms with Crippen molar-refractivity contribution in [3.8, 4) is 0 Å². The molecule has 0 aromatic rings. The van der Waals surface area contributed by atoms with Crippen LogP contribution in [0.2, 0.25) is 0 Å². The third-order valence-corrected chi connectivity index (χ3v) is 1.17. The Bertz CT molecular complexity index is 180. The van der Waals surface area contributed by atoms with E-state index < -0.39 is 0 Å². The monoisotopic (exact) mass is 168 g/mol. The van der Waals surface area contributed by atoms with Gasteiger partial charge in [0.1, 0.15) is 6.61 Å². The molecule has 68 valence electrons. The quantitative estimate of drug-likeness (QED) is 0.358. The Balaban J connectivity index is 3.52. The molecule has 0 atom stereocenters. The topological polar surface area (TPSA) is 26.3 Å². The third-order valence-electron chi connectivity index (χ3n) is 1.17. The molecule has 0 saturated carbocycles. The third kappa shape index (κ3) is 7.06. The SMILES string of the molecule is C=C(C)COC(=O)/C=C\CCC. The summed E-state index contributed by atoms with van der Waals surface area (Å²) in [4.78, 5) is 10.9. The maximum Gasteiger partial charge on any atom is 0.330 e. The van der Waals surface area contributed by atoms with Crippen molar-refractivity contribution >= 4 is 5.97 Å². The highest BCUT2D eigenvalue weighted by molar-refractivity contribution is 5.81. The molecule has 12 heavy (non-hydrogen) atoms. The Labute approximate surface area is 73.9 Å². The zero-order valence-electron chi connectivity index (χ0n) is 7.80. The number of allylic oxidation sites excluding steroid dienone is 1. The zero-order chi connectivity index (χ0) is 9.40. The molecule has 0 saturated heterocycles. The maximum absolute atomic E-state index is 10.9. The van der Waals surface area contributed by atoms with Gasteiger partial charge in [0.15, 0.2) is 0 Å². The second-order valence-corrected chi connectivity index (χ2v) is 2.76. The van der Waals surface area contributed by atoms with E-state index in [1.54, 1.807) is 0 Å². The average Bonchev–Trinajstić information content (AvgIpc) is 2.01. The molecule has 0 aliphatic carbocycles. The fourth-order valence-corrected chi connectivity index (χ4v) is 0.589. The molecular formula is C10H16O2. The van der Waals surface area contributed by atoms with Crippen LogP contribution in [0, 0.1) is 0 Å². The van der Waals surface area contributed by atoms with E-state index in [-0.39, 0.29) is 5.97 Å². The van der Waals surface area contributed by atoms with Crippen LogP contribution in [0.5, 0.6) is 0 Å². The van der Waals surface area contributed by atoms with Gasteiger partial charge in [-0.3, -0.25) is 0 Å². The summed E-state index contributed by atoms with van der Waals surface area (Å²) in [6.07, 6.45) is 5.25. The first-order valence-electron chi connectivity index (χ1n) is 4.14. The van der Waals surface area contributed by atoms with Crippen LogP contribution in [0.4, 0.5) is 0 Å². The molecule has 0 unspecified atom stereocenters. The van der Waals surface area contributed by atoms with Crippen LogP contribution >= 0.6 is 0 Å². The fourth-order valence-electron chi connectivity index (χ4n) is 0.589. The molecule has 2 nitrogen and oxygen atoms in total. The minimum absolute atomic E-state index is 0.286. The van der Waals surface area contributed by atoms with Crippen molar-refractivity contribution in [2.75, 3.05) is 6.61 Å². The van der Waals surface area contributed by atoms with Crippen molar-refractivity contribution in [2.24, 2.45) is 0 Å². The summed E-state index contributed by atoms with van der Waals surface area (Å²) in [5.74, 6) is -0.286. The number of carbonyl (C=O) groups is 1. The number of esters is 1. The van der Waals surface area contributed by atoms with Crippen LogP contribution < -0.4 is 0 Å². The van der Waals surface area contributed by atoms with Gasteiger partial charge in [-0.05, 0) is 18.9 Å². The van der Waals surface area contributed by atoms with Gasteiger partial charge in [-0.15, -0.1) is 0 Å². The van der Waals surface area contributed by atoms with Gasteiger partial charge in [0.25, 0.3) is 0 Å². The van der Waals surface area contributed by atoms with Gasteiger partial charge in [0, 0.05) is 6.08 Å². The number of ether oxygens (including phenoxy) is 1. The molecule has 0 fully saturated rings. The Morgan fingerprint density at radius 2 is 2.25 bits per heavy atom. The van der Waals surface area contributed by atoms with E-state index in [1.807, 2.05) is 13.0 Å². The fraction of sp³-hybridized carbons (Fsp3) is 0.500. The van der Waals surface area contributed by atoms with Crippen molar-refractivity contribution in [3.05, 3.63) is 24.3 Å². The molecule has 0 aliphatic rings. The molecular weight excluding hydrogens is 152 g/mol. The summed E-state index contributed by atoms with van der Waals surface area (Å²) in [5.41, 5.74) is 0.854. The van der Waals surface area contributed by atoms with Crippen LogP contribution in [-0.4, -0.2) is 12.6 Å². The summed E-state index contributed by atoms with van der Waals surface area (Å²) in [6.45, 7) is 7.82. The van der Waals surface area contributed by atoms with Crippen LogP contribution in [0.3, 0.4) is 0 Å². The average molecular weight is 168 g/mol. The Morgan fingerprint density at radius 1 is 1.58 bits per heavy atom. The first-order valence-corrected chi connectivity index (χ1v) is 4.14. The lowest BCUT2D eigenvalue weighted by Gasteiger charge is -1.99. The normalized spacial score (nSPS) is 10.2. The van der Waals surface area contributed by atoms with E-state index in [1.165, 1.54) is 6.08 Å². The van der Waals surface area contributed by atoms with E-state index in [0.29, 0.717) is 6.61 Å². The molecule has 0 bridgehead atoms. The lowest BCUT2D eigenvalue weighted by Crippen LogP contribution is -2.02. The van der Waals surface area contributed by atoms with E-state index in [4.69, 9.17) is 4.74 Å². The van der Waals surface area contributed by atoms with Gasteiger partial charge >= 0.3 is 5.97 Å². The van der Waals surface area contributed by atoms with Gasteiger partial charge in [-0.1, -0.05) is 26.0 Å². The predicted octanol–water partition coefficient (Wildman–Crippen LogP) is 2.46. The Kier molecular flexibility index (Phi) is 6.07. The standard InChI is InChI=1S/C10H16O2/c1-4-5-6-7-10(11)12-8-9(2)3/h6-7H,2,4-5,8H2,1,3H3/b7-6-. The van der Waals surface area contributed by atoms with Gasteiger partial charge < -0.3 is 4.74 Å². The van der Waals surface area contributed by atoms with Crippen molar-refractivity contribution in [1.29, 1.82) is 0 Å². The summed E-state index contributed by atoms with van der Waals surface area (Å²) < 4.78 is 4.82. The molecule has 0 aromatic heterocycles. The number of hydrogen-bond donors (Lipinski definition) is 0. The number of carbonyl (C=O) groups excluding carboxylic acids is 1. The largest absolute Gasteiger partial charge is 0.458 e. The van der Waals surface area contributed by atoms with Crippen LogP contribution in [-0.2, 0) is 9.53 Å². The second-order valence-electron chi connectivity index (χ2n) is 2.76. The molecule has 2 heteroatoms. The molecule has 0 heterocycles. The smallest absolute Gasteiger partial charge is 0.330 e. The molecule has 0 aromatic carbocycles. The molecule has 0 spiro atoms.